The minimum atomic E-state index is -4.62. The van der Waals surface area contributed by atoms with E-state index < -0.39 is 42.0 Å². The highest BCUT2D eigenvalue weighted by Crippen LogP contribution is 2.39. The molecule has 0 bridgehead atoms. The van der Waals surface area contributed by atoms with Gasteiger partial charge in [-0.15, -0.1) is 0 Å². The number of benzene rings is 2. The van der Waals surface area contributed by atoms with Gasteiger partial charge >= 0.3 is 6.18 Å². The molecule has 1 saturated carbocycles. The van der Waals surface area contributed by atoms with Crippen molar-refractivity contribution in [1.82, 2.24) is 4.57 Å². The van der Waals surface area contributed by atoms with Crippen molar-refractivity contribution >= 4 is 29.1 Å². The van der Waals surface area contributed by atoms with Crippen molar-refractivity contribution in [2.45, 2.75) is 50.4 Å². The maximum atomic E-state index is 14.4. The number of hydrogen-bond acceptors (Lipinski definition) is 6. The summed E-state index contributed by atoms with van der Waals surface area (Å²) in [6, 6.07) is 7.16. The number of ether oxygens (including phenoxy) is 3. The van der Waals surface area contributed by atoms with Crippen molar-refractivity contribution in [2.75, 3.05) is 25.6 Å². The normalized spacial score (nSPS) is 14.8. The predicted molar refractivity (Wildman–Crippen MR) is 155 cm³/mol. The predicted octanol–water partition coefficient (Wildman–Crippen LogP) is 5.89. The lowest BCUT2D eigenvalue weighted by Gasteiger charge is -2.38. The van der Waals surface area contributed by atoms with Crippen LogP contribution < -0.4 is 26.1 Å². The summed E-state index contributed by atoms with van der Waals surface area (Å²) >= 11 is 6.12. The lowest BCUT2D eigenvalue weighted by Crippen LogP contribution is -2.38. The van der Waals surface area contributed by atoms with Gasteiger partial charge in [0.05, 0.1) is 24.5 Å². The number of aromatic nitrogens is 1. The highest BCUT2D eigenvalue weighted by Gasteiger charge is 2.34. The van der Waals surface area contributed by atoms with Gasteiger partial charge < -0.3 is 25.3 Å². The molecule has 2 amide bonds. The van der Waals surface area contributed by atoms with Crippen molar-refractivity contribution in [2.24, 2.45) is 5.73 Å². The third-order valence-electron chi connectivity index (χ3n) is 7.28. The van der Waals surface area contributed by atoms with E-state index >= 15 is 0 Å². The fraction of sp³-hybridized carbons (Fsp3) is 0.367. The molecule has 1 aliphatic rings. The van der Waals surface area contributed by atoms with Crippen LogP contribution in [-0.2, 0) is 9.53 Å². The van der Waals surface area contributed by atoms with Crippen LogP contribution in [0.3, 0.4) is 0 Å². The van der Waals surface area contributed by atoms with Crippen LogP contribution in [-0.4, -0.2) is 48.5 Å². The minimum Gasteiger partial charge on any atom is -0.495 e. The second kappa shape index (κ2) is 13.3. The molecule has 1 aromatic heterocycles. The Bertz CT molecular complexity index is 1610. The van der Waals surface area contributed by atoms with E-state index in [0.29, 0.717) is 0 Å². The zero-order valence-electron chi connectivity index (χ0n) is 23.8. The van der Waals surface area contributed by atoms with Crippen molar-refractivity contribution in [3.8, 4) is 22.6 Å². The van der Waals surface area contributed by atoms with Crippen LogP contribution >= 0.6 is 11.6 Å². The van der Waals surface area contributed by atoms with E-state index in [0.717, 1.165) is 42.0 Å². The number of hydrogen-bond donors (Lipinski definition) is 2. The molecule has 0 radical (unpaired) electrons. The molecule has 3 aromatic rings. The van der Waals surface area contributed by atoms with Crippen LogP contribution in [0, 0.1) is 5.82 Å². The molecule has 1 unspecified atom stereocenters. The second-order valence-electron chi connectivity index (χ2n) is 10.5. The molecule has 0 spiro atoms. The zero-order chi connectivity index (χ0) is 32.2. The van der Waals surface area contributed by atoms with Gasteiger partial charge in [-0.3, -0.25) is 19.0 Å². The second-order valence-corrected chi connectivity index (χ2v) is 11.0. The topological polar surface area (TPSA) is 122 Å². The number of methoxy groups -OCH3 is 1. The van der Waals surface area contributed by atoms with Crippen LogP contribution in [0.25, 0.3) is 11.1 Å². The number of pyridine rings is 1. The number of amides is 2. The Kier molecular flexibility index (Phi) is 9.89. The van der Waals surface area contributed by atoms with E-state index in [2.05, 4.69) is 5.32 Å². The molecule has 4 rings (SSSR count). The number of carbonyl (C=O) groups is 2. The largest absolute Gasteiger partial charge is 0.495 e. The molecule has 1 heterocycles. The van der Waals surface area contributed by atoms with E-state index in [4.69, 9.17) is 31.5 Å². The Labute approximate surface area is 254 Å². The Morgan fingerprint density at radius 3 is 2.41 bits per heavy atom. The molecule has 1 aliphatic carbocycles. The average Bonchev–Trinajstić information content (AvgIpc) is 2.93. The van der Waals surface area contributed by atoms with E-state index in [1.807, 2.05) is 6.92 Å². The Morgan fingerprint density at radius 1 is 1.11 bits per heavy atom. The summed E-state index contributed by atoms with van der Waals surface area (Å²) in [5.41, 5.74) is 3.90. The average molecular weight is 640 g/mol. The van der Waals surface area contributed by atoms with Crippen LogP contribution in [0.2, 0.25) is 5.02 Å². The smallest absolute Gasteiger partial charge is 0.422 e. The molecule has 2 aromatic carbocycles. The first-order valence-electron chi connectivity index (χ1n) is 13.5. The van der Waals surface area contributed by atoms with Gasteiger partial charge in [-0.05, 0) is 62.6 Å². The van der Waals surface area contributed by atoms with Gasteiger partial charge in [-0.1, -0.05) is 11.6 Å². The van der Waals surface area contributed by atoms with Crippen LogP contribution in [0.15, 0.2) is 53.5 Å². The van der Waals surface area contributed by atoms with E-state index in [1.165, 1.54) is 37.6 Å². The molecular formula is C30H30ClF4N3O6. The van der Waals surface area contributed by atoms with Gasteiger partial charge in [0.15, 0.2) is 6.61 Å². The van der Waals surface area contributed by atoms with Crippen LogP contribution in [0.5, 0.6) is 11.5 Å². The molecule has 44 heavy (non-hydrogen) atoms. The molecule has 0 aliphatic heterocycles. The van der Waals surface area contributed by atoms with Crippen molar-refractivity contribution in [3.63, 3.8) is 0 Å². The van der Waals surface area contributed by atoms with Crippen molar-refractivity contribution < 1.29 is 41.4 Å². The lowest BCUT2D eigenvalue weighted by molar-refractivity contribution is -0.153. The van der Waals surface area contributed by atoms with Gasteiger partial charge in [-0.2, -0.15) is 13.2 Å². The summed E-state index contributed by atoms with van der Waals surface area (Å²) in [5, 5.41) is 2.72. The number of carbonyl (C=O) groups excluding carboxylic acids is 2. The van der Waals surface area contributed by atoms with Gasteiger partial charge in [0.25, 0.3) is 11.5 Å². The van der Waals surface area contributed by atoms with Gasteiger partial charge in [0, 0.05) is 40.9 Å². The van der Waals surface area contributed by atoms with E-state index in [1.54, 1.807) is 0 Å². The van der Waals surface area contributed by atoms with E-state index in [-0.39, 0.29) is 57.5 Å². The first-order chi connectivity index (χ1) is 20.7. The number of primary amides is 1. The molecular weight excluding hydrogens is 610 g/mol. The number of nitrogens with zero attached hydrogens (tertiary/aromatic N) is 1. The molecule has 236 valence electrons. The van der Waals surface area contributed by atoms with Crippen LogP contribution in [0.1, 0.15) is 49.0 Å². The van der Waals surface area contributed by atoms with Gasteiger partial charge in [-0.25, -0.2) is 4.39 Å². The third kappa shape index (κ3) is 7.88. The molecule has 3 N–H and O–H groups in total. The molecule has 1 atom stereocenters. The van der Waals surface area contributed by atoms with Crippen molar-refractivity contribution in [3.05, 3.63) is 75.4 Å². The Hall–Kier alpha value is -4.10. The molecule has 14 heteroatoms. The summed E-state index contributed by atoms with van der Waals surface area (Å²) < 4.78 is 70.6. The van der Waals surface area contributed by atoms with Crippen molar-refractivity contribution in [1.29, 1.82) is 0 Å². The summed E-state index contributed by atoms with van der Waals surface area (Å²) in [6.45, 7) is 0.467. The molecule has 1 fully saturated rings. The SMILES string of the molecule is COc1cn(C(CCOC2(C)CCC2)C(=O)Nc2ccc(C(N)=O)c(F)c2)c(=O)cc1-c1cc(Cl)ccc1OCC(F)(F)F. The summed E-state index contributed by atoms with van der Waals surface area (Å²) in [6.07, 6.45) is -0.649. The first kappa shape index (κ1) is 32.8. The maximum absolute atomic E-state index is 14.4. The summed E-state index contributed by atoms with van der Waals surface area (Å²) in [5.74, 6) is -2.79. The summed E-state index contributed by atoms with van der Waals surface area (Å²) in [4.78, 5) is 38.4. The number of rotatable bonds is 12. The number of nitrogens with one attached hydrogen (secondary N) is 1. The Morgan fingerprint density at radius 2 is 1.82 bits per heavy atom. The minimum absolute atomic E-state index is 0.0105. The Balaban J connectivity index is 1.71. The maximum Gasteiger partial charge on any atom is 0.422 e. The monoisotopic (exact) mass is 639 g/mol. The number of halogens is 5. The lowest BCUT2D eigenvalue weighted by atomic mass is 9.82. The van der Waals surface area contributed by atoms with E-state index in [9.17, 15) is 31.9 Å². The molecule has 9 nitrogen and oxygen atoms in total. The number of anilines is 1. The van der Waals surface area contributed by atoms with Gasteiger partial charge in [0.2, 0.25) is 5.91 Å². The quantitative estimate of drug-likeness (QED) is 0.239. The number of nitrogens with two attached hydrogens (primary N) is 1. The standard InChI is InChI=1S/C30H30ClF4N3O6/c1-29(9-3-10-29)44-11-8-23(28(41)37-18-5-6-19(27(36)40)22(32)13-18)38-15-25(42-2)21(14-26(38)39)20-12-17(31)4-7-24(20)43-16-30(33,34)35/h4-7,12-15,23H,3,8-11,16H2,1-2H3,(H2,36,40)(H,37,41). The third-order valence-corrected chi connectivity index (χ3v) is 7.52. The highest BCUT2D eigenvalue weighted by atomic mass is 35.5. The number of alkyl halides is 3. The van der Waals surface area contributed by atoms with Gasteiger partial charge in [0.1, 0.15) is 23.4 Å². The highest BCUT2D eigenvalue weighted by molar-refractivity contribution is 6.31. The fourth-order valence-electron chi connectivity index (χ4n) is 4.79. The molecule has 0 saturated heterocycles. The zero-order valence-corrected chi connectivity index (χ0v) is 24.6. The summed E-state index contributed by atoms with van der Waals surface area (Å²) in [7, 11) is 1.28. The fourth-order valence-corrected chi connectivity index (χ4v) is 4.97. The van der Waals surface area contributed by atoms with Crippen LogP contribution in [0.4, 0.5) is 23.2 Å². The first-order valence-corrected chi connectivity index (χ1v) is 13.9.